The number of nitrogens with zero attached hydrogens (tertiary/aromatic N) is 5. The Labute approximate surface area is 154 Å². The van der Waals surface area contributed by atoms with E-state index in [0.717, 1.165) is 24.6 Å². The molecule has 0 bridgehead atoms. The van der Waals surface area contributed by atoms with Crippen LogP contribution in [0, 0.1) is 5.82 Å². The highest BCUT2D eigenvalue weighted by molar-refractivity contribution is 5.94. The van der Waals surface area contributed by atoms with Crippen LogP contribution in [-0.2, 0) is 6.42 Å². The summed E-state index contributed by atoms with van der Waals surface area (Å²) in [6.07, 6.45) is 5.92. The van der Waals surface area contributed by atoms with Crippen LogP contribution in [-0.4, -0.2) is 44.3 Å². The summed E-state index contributed by atoms with van der Waals surface area (Å²) in [7, 11) is 1.49. The van der Waals surface area contributed by atoms with Crippen LogP contribution in [0.5, 0.6) is 5.88 Å². The molecule has 4 heterocycles. The molecular weight excluding hydrogens is 353 g/mol. The number of carboxylic acid groups (broad SMARTS) is 1. The monoisotopic (exact) mass is 371 g/mol. The maximum absolute atomic E-state index is 13.8. The third-order valence-corrected chi connectivity index (χ3v) is 4.85. The van der Waals surface area contributed by atoms with Gasteiger partial charge in [-0.3, -0.25) is 0 Å². The minimum atomic E-state index is -1.08. The van der Waals surface area contributed by atoms with Gasteiger partial charge in [0.05, 0.1) is 25.5 Å². The molecule has 1 aliphatic rings. The van der Waals surface area contributed by atoms with E-state index >= 15 is 0 Å². The summed E-state index contributed by atoms with van der Waals surface area (Å²) >= 11 is 0. The molecule has 0 saturated heterocycles. The first-order valence-corrected chi connectivity index (χ1v) is 8.56. The SMILES string of the molecule is COc1ncc(F)cc1C(C)N1CCCc2cn3ncc(C(=O)O)c3nc21. The number of aromatic carboxylic acids is 1. The van der Waals surface area contributed by atoms with Gasteiger partial charge < -0.3 is 14.7 Å². The van der Waals surface area contributed by atoms with Crippen molar-refractivity contribution in [1.82, 2.24) is 19.6 Å². The van der Waals surface area contributed by atoms with E-state index in [1.54, 1.807) is 0 Å². The maximum atomic E-state index is 13.8. The van der Waals surface area contributed by atoms with Gasteiger partial charge in [-0.25, -0.2) is 23.7 Å². The first kappa shape index (κ1) is 17.2. The van der Waals surface area contributed by atoms with Crippen molar-refractivity contribution >= 4 is 17.4 Å². The van der Waals surface area contributed by atoms with Crippen molar-refractivity contribution in [1.29, 1.82) is 0 Å². The smallest absolute Gasteiger partial charge is 0.341 e. The zero-order valence-corrected chi connectivity index (χ0v) is 14.9. The summed E-state index contributed by atoms with van der Waals surface area (Å²) in [6.45, 7) is 2.63. The first-order chi connectivity index (χ1) is 13.0. The maximum Gasteiger partial charge on any atom is 0.341 e. The topological polar surface area (TPSA) is 92.8 Å². The molecule has 27 heavy (non-hydrogen) atoms. The summed E-state index contributed by atoms with van der Waals surface area (Å²) in [4.78, 5) is 22.1. The molecule has 1 atom stereocenters. The molecule has 140 valence electrons. The highest BCUT2D eigenvalue weighted by Gasteiger charge is 2.28. The molecule has 0 amide bonds. The standard InChI is InChI=1S/C18H18FN5O3/c1-10(13-6-12(19)7-20-17(13)27-2)23-5-3-4-11-9-24-16(22-15(11)23)14(8-21-24)18(25)26/h6-10H,3-5H2,1-2H3,(H,25,26). The van der Waals surface area contributed by atoms with E-state index in [9.17, 15) is 14.3 Å². The van der Waals surface area contributed by atoms with Crippen LogP contribution < -0.4 is 9.64 Å². The van der Waals surface area contributed by atoms with Crippen molar-refractivity contribution < 1.29 is 19.0 Å². The van der Waals surface area contributed by atoms with Crippen LogP contribution >= 0.6 is 0 Å². The predicted molar refractivity (Wildman–Crippen MR) is 94.8 cm³/mol. The van der Waals surface area contributed by atoms with Gasteiger partial charge in [-0.2, -0.15) is 5.10 Å². The number of halogens is 1. The fourth-order valence-corrected chi connectivity index (χ4v) is 3.52. The quantitative estimate of drug-likeness (QED) is 0.753. The lowest BCUT2D eigenvalue weighted by Gasteiger charge is -2.35. The van der Waals surface area contributed by atoms with Crippen molar-refractivity contribution in [3.05, 3.63) is 47.2 Å². The van der Waals surface area contributed by atoms with Gasteiger partial charge in [-0.15, -0.1) is 0 Å². The van der Waals surface area contributed by atoms with Gasteiger partial charge in [0.1, 0.15) is 17.2 Å². The lowest BCUT2D eigenvalue weighted by atomic mass is 10.0. The van der Waals surface area contributed by atoms with E-state index in [4.69, 9.17) is 4.74 Å². The lowest BCUT2D eigenvalue weighted by molar-refractivity contribution is 0.0698. The molecule has 1 unspecified atom stereocenters. The Balaban J connectivity index is 1.83. The molecule has 0 spiro atoms. The molecule has 0 aromatic carbocycles. The third-order valence-electron chi connectivity index (χ3n) is 4.85. The highest BCUT2D eigenvalue weighted by atomic mass is 19.1. The number of aryl methyl sites for hydroxylation is 1. The number of methoxy groups -OCH3 is 1. The van der Waals surface area contributed by atoms with Crippen LogP contribution in [0.3, 0.4) is 0 Å². The molecule has 4 rings (SSSR count). The van der Waals surface area contributed by atoms with E-state index in [0.29, 0.717) is 23.8 Å². The van der Waals surface area contributed by atoms with E-state index in [2.05, 4.69) is 15.1 Å². The second kappa shape index (κ2) is 6.49. The largest absolute Gasteiger partial charge is 0.481 e. The van der Waals surface area contributed by atoms with Crippen molar-refractivity contribution in [2.24, 2.45) is 0 Å². The summed E-state index contributed by atoms with van der Waals surface area (Å²) in [5.74, 6) is -0.491. The van der Waals surface area contributed by atoms with Gasteiger partial charge >= 0.3 is 5.97 Å². The van der Waals surface area contributed by atoms with Crippen LogP contribution in [0.15, 0.2) is 24.7 Å². The molecule has 0 aliphatic carbocycles. The molecule has 1 N–H and O–H groups in total. The molecule has 0 saturated carbocycles. The van der Waals surface area contributed by atoms with Gasteiger partial charge in [0.25, 0.3) is 0 Å². The molecule has 0 fully saturated rings. The second-order valence-electron chi connectivity index (χ2n) is 6.45. The van der Waals surface area contributed by atoms with Gasteiger partial charge in [-0.05, 0) is 25.8 Å². The normalized spacial score (nSPS) is 14.9. The third kappa shape index (κ3) is 2.84. The van der Waals surface area contributed by atoms with Gasteiger partial charge in [-0.1, -0.05) is 0 Å². The molecule has 3 aromatic heterocycles. The molecule has 9 heteroatoms. The highest BCUT2D eigenvalue weighted by Crippen LogP contribution is 2.36. The Morgan fingerprint density at radius 2 is 2.22 bits per heavy atom. The van der Waals surface area contributed by atoms with Crippen molar-refractivity contribution in [3.8, 4) is 5.88 Å². The molecular formula is C18H18FN5O3. The van der Waals surface area contributed by atoms with E-state index in [1.807, 2.05) is 18.0 Å². The van der Waals surface area contributed by atoms with E-state index in [1.165, 1.54) is 23.9 Å². The van der Waals surface area contributed by atoms with Gasteiger partial charge in [0.15, 0.2) is 5.65 Å². The summed E-state index contributed by atoms with van der Waals surface area (Å²) in [6, 6.07) is 1.15. The number of aromatic nitrogens is 4. The van der Waals surface area contributed by atoms with Crippen LogP contribution in [0.4, 0.5) is 10.2 Å². The number of hydrogen-bond acceptors (Lipinski definition) is 6. The fourth-order valence-electron chi connectivity index (χ4n) is 3.52. The fraction of sp³-hybridized carbons (Fsp3) is 0.333. The number of rotatable bonds is 4. The van der Waals surface area contributed by atoms with Crippen LogP contribution in [0.2, 0.25) is 0 Å². The summed E-state index contributed by atoms with van der Waals surface area (Å²) < 4.78 is 20.6. The Bertz CT molecular complexity index is 1040. The Morgan fingerprint density at radius 1 is 1.41 bits per heavy atom. The molecule has 3 aromatic rings. The van der Waals surface area contributed by atoms with Gasteiger partial charge in [0.2, 0.25) is 5.88 Å². The van der Waals surface area contributed by atoms with Crippen molar-refractivity contribution in [2.75, 3.05) is 18.6 Å². The summed E-state index contributed by atoms with van der Waals surface area (Å²) in [5, 5.41) is 13.4. The van der Waals surface area contributed by atoms with E-state index in [-0.39, 0.29) is 17.3 Å². The zero-order chi connectivity index (χ0) is 19.1. The lowest BCUT2D eigenvalue weighted by Crippen LogP contribution is -2.33. The van der Waals surface area contributed by atoms with Crippen molar-refractivity contribution in [3.63, 3.8) is 0 Å². The van der Waals surface area contributed by atoms with Gasteiger partial charge in [0, 0.05) is 23.9 Å². The minimum Gasteiger partial charge on any atom is -0.481 e. The number of pyridine rings is 1. The summed E-state index contributed by atoms with van der Waals surface area (Å²) in [5.41, 5.74) is 1.90. The van der Waals surface area contributed by atoms with Crippen molar-refractivity contribution in [2.45, 2.75) is 25.8 Å². The minimum absolute atomic E-state index is 0.0426. The second-order valence-corrected chi connectivity index (χ2v) is 6.45. The predicted octanol–water partition coefficient (Wildman–Crippen LogP) is 2.48. The number of hydrogen-bond donors (Lipinski definition) is 1. The van der Waals surface area contributed by atoms with Crippen LogP contribution in [0.1, 0.15) is 40.9 Å². The Kier molecular flexibility index (Phi) is 4.14. The Hall–Kier alpha value is -3.23. The number of carboxylic acids is 1. The number of ether oxygens (including phenoxy) is 1. The Morgan fingerprint density at radius 3 is 2.96 bits per heavy atom. The average Bonchev–Trinajstić information content (AvgIpc) is 3.08. The van der Waals surface area contributed by atoms with Crippen LogP contribution in [0.25, 0.3) is 5.65 Å². The number of fused-ring (bicyclic) bond motifs is 2. The molecule has 1 aliphatic heterocycles. The molecule has 8 nitrogen and oxygen atoms in total. The average molecular weight is 371 g/mol. The molecule has 0 radical (unpaired) electrons. The van der Waals surface area contributed by atoms with E-state index < -0.39 is 11.8 Å². The zero-order valence-electron chi connectivity index (χ0n) is 14.9. The first-order valence-electron chi connectivity index (χ1n) is 8.56. The number of carbonyl (C=O) groups is 1. The number of anilines is 1.